The predicted molar refractivity (Wildman–Crippen MR) is 83.0 cm³/mol. The Labute approximate surface area is 129 Å². The molecule has 0 amide bonds. The van der Waals surface area contributed by atoms with E-state index in [9.17, 15) is 9.59 Å². The number of carbonyl (C=O) groups excluding carboxylic acids is 2. The highest BCUT2D eigenvalue weighted by molar-refractivity contribution is 8.01. The maximum Gasteiger partial charge on any atom is 0.338 e. The zero-order valence-electron chi connectivity index (χ0n) is 12.3. The minimum absolute atomic E-state index is 0.0697. The third-order valence-corrected chi connectivity index (χ3v) is 4.98. The van der Waals surface area contributed by atoms with Gasteiger partial charge in [0.05, 0.1) is 17.4 Å². The molecule has 2 atom stereocenters. The molecule has 0 bridgehead atoms. The molecule has 2 unspecified atom stereocenters. The number of esters is 1. The van der Waals surface area contributed by atoms with Gasteiger partial charge in [0.15, 0.2) is 0 Å². The molecule has 0 aromatic heterocycles. The Morgan fingerprint density at radius 2 is 2.00 bits per heavy atom. The SMILES string of the molecule is CCOC(=O)c1ccc(OCC2SC(CC)CC2=O)cc1. The number of thioether (sulfide) groups is 1. The van der Waals surface area contributed by atoms with Crippen molar-refractivity contribution < 1.29 is 19.1 Å². The van der Waals surface area contributed by atoms with Gasteiger partial charge in [-0.2, -0.15) is 0 Å². The van der Waals surface area contributed by atoms with Gasteiger partial charge in [0, 0.05) is 11.7 Å². The zero-order valence-corrected chi connectivity index (χ0v) is 13.2. The zero-order chi connectivity index (χ0) is 15.2. The first-order valence-corrected chi connectivity index (χ1v) is 8.16. The van der Waals surface area contributed by atoms with E-state index in [1.54, 1.807) is 43.0 Å². The average Bonchev–Trinajstić information content (AvgIpc) is 2.86. The molecule has 1 aliphatic heterocycles. The number of carbonyl (C=O) groups is 2. The van der Waals surface area contributed by atoms with Gasteiger partial charge in [-0.15, -0.1) is 11.8 Å². The molecule has 1 saturated heterocycles. The van der Waals surface area contributed by atoms with Crippen LogP contribution in [-0.2, 0) is 9.53 Å². The highest BCUT2D eigenvalue weighted by atomic mass is 32.2. The second kappa shape index (κ2) is 7.50. The Morgan fingerprint density at radius 1 is 1.29 bits per heavy atom. The van der Waals surface area contributed by atoms with E-state index in [1.165, 1.54) is 0 Å². The minimum atomic E-state index is -0.337. The molecule has 1 aliphatic rings. The van der Waals surface area contributed by atoms with Crippen molar-refractivity contribution in [3.05, 3.63) is 29.8 Å². The monoisotopic (exact) mass is 308 g/mol. The highest BCUT2D eigenvalue weighted by Crippen LogP contribution is 2.33. The maximum atomic E-state index is 11.8. The summed E-state index contributed by atoms with van der Waals surface area (Å²) < 4.78 is 10.6. The van der Waals surface area contributed by atoms with Gasteiger partial charge in [0.25, 0.3) is 0 Å². The van der Waals surface area contributed by atoms with Crippen LogP contribution in [0.4, 0.5) is 0 Å². The van der Waals surface area contributed by atoms with E-state index in [4.69, 9.17) is 9.47 Å². The quantitative estimate of drug-likeness (QED) is 0.756. The van der Waals surface area contributed by atoms with Crippen LogP contribution in [0.15, 0.2) is 24.3 Å². The lowest BCUT2D eigenvalue weighted by molar-refractivity contribution is -0.118. The molecule has 0 N–H and O–H groups in total. The van der Waals surface area contributed by atoms with Gasteiger partial charge in [0.1, 0.15) is 18.1 Å². The molecule has 1 aromatic carbocycles. The Morgan fingerprint density at radius 3 is 2.57 bits per heavy atom. The molecule has 0 saturated carbocycles. The van der Waals surface area contributed by atoms with Crippen molar-refractivity contribution >= 4 is 23.5 Å². The summed E-state index contributed by atoms with van der Waals surface area (Å²) in [6.45, 7) is 4.62. The number of ketones is 1. The Hall–Kier alpha value is -1.49. The van der Waals surface area contributed by atoms with Crippen LogP contribution in [0, 0.1) is 0 Å². The van der Waals surface area contributed by atoms with Gasteiger partial charge >= 0.3 is 5.97 Å². The van der Waals surface area contributed by atoms with E-state index in [0.717, 1.165) is 6.42 Å². The van der Waals surface area contributed by atoms with E-state index in [2.05, 4.69) is 6.92 Å². The summed E-state index contributed by atoms with van der Waals surface area (Å²) in [5.41, 5.74) is 0.501. The van der Waals surface area contributed by atoms with Gasteiger partial charge in [-0.25, -0.2) is 4.79 Å². The van der Waals surface area contributed by atoms with Crippen LogP contribution in [0.25, 0.3) is 0 Å². The summed E-state index contributed by atoms with van der Waals surface area (Å²) in [7, 11) is 0. The second-order valence-corrected chi connectivity index (χ2v) is 6.39. The first-order chi connectivity index (χ1) is 10.1. The van der Waals surface area contributed by atoms with Crippen LogP contribution in [0.3, 0.4) is 0 Å². The molecule has 1 heterocycles. The minimum Gasteiger partial charge on any atom is -0.492 e. The van der Waals surface area contributed by atoms with E-state index < -0.39 is 0 Å². The molecule has 5 heteroatoms. The molecule has 2 rings (SSSR count). The van der Waals surface area contributed by atoms with Crippen molar-refractivity contribution in [3.63, 3.8) is 0 Å². The van der Waals surface area contributed by atoms with Crippen molar-refractivity contribution in [2.75, 3.05) is 13.2 Å². The van der Waals surface area contributed by atoms with Crippen LogP contribution in [0.2, 0.25) is 0 Å². The van der Waals surface area contributed by atoms with Crippen LogP contribution in [0.5, 0.6) is 5.75 Å². The topological polar surface area (TPSA) is 52.6 Å². The van der Waals surface area contributed by atoms with Gasteiger partial charge in [0.2, 0.25) is 0 Å². The van der Waals surface area contributed by atoms with Crippen molar-refractivity contribution in [3.8, 4) is 5.75 Å². The number of ether oxygens (including phenoxy) is 2. The lowest BCUT2D eigenvalue weighted by Crippen LogP contribution is -2.19. The smallest absolute Gasteiger partial charge is 0.338 e. The first-order valence-electron chi connectivity index (χ1n) is 7.22. The molecule has 0 spiro atoms. The highest BCUT2D eigenvalue weighted by Gasteiger charge is 2.32. The fourth-order valence-electron chi connectivity index (χ4n) is 2.16. The molecule has 0 aliphatic carbocycles. The van der Waals surface area contributed by atoms with E-state index in [-0.39, 0.29) is 17.0 Å². The van der Waals surface area contributed by atoms with Crippen LogP contribution < -0.4 is 4.74 Å². The molecule has 4 nitrogen and oxygen atoms in total. The molecule has 1 fully saturated rings. The lowest BCUT2D eigenvalue weighted by atomic mass is 10.1. The Kier molecular flexibility index (Phi) is 5.67. The van der Waals surface area contributed by atoms with Gasteiger partial charge in [-0.05, 0) is 37.6 Å². The fraction of sp³-hybridized carbons (Fsp3) is 0.500. The number of hydrogen-bond acceptors (Lipinski definition) is 5. The second-order valence-electron chi connectivity index (χ2n) is 4.88. The van der Waals surface area contributed by atoms with Crippen molar-refractivity contribution in [1.29, 1.82) is 0 Å². The molecular weight excluding hydrogens is 288 g/mol. The maximum absolute atomic E-state index is 11.8. The molecular formula is C16H20O4S. The molecule has 114 valence electrons. The Bertz CT molecular complexity index is 498. The summed E-state index contributed by atoms with van der Waals surface area (Å²) >= 11 is 1.70. The van der Waals surface area contributed by atoms with Gasteiger partial charge < -0.3 is 9.47 Å². The number of hydrogen-bond donors (Lipinski definition) is 0. The third kappa shape index (κ3) is 4.24. The average molecular weight is 308 g/mol. The van der Waals surface area contributed by atoms with Gasteiger partial charge in [-0.1, -0.05) is 6.92 Å². The molecule has 1 aromatic rings. The lowest BCUT2D eigenvalue weighted by Gasteiger charge is -2.11. The summed E-state index contributed by atoms with van der Waals surface area (Å²) in [5.74, 6) is 0.600. The normalized spacial score (nSPS) is 21.3. The predicted octanol–water partition coefficient (Wildman–Crippen LogP) is 3.10. The number of benzene rings is 1. The van der Waals surface area contributed by atoms with Crippen molar-refractivity contribution in [2.45, 2.75) is 37.2 Å². The molecule has 0 radical (unpaired) electrons. The summed E-state index contributed by atoms with van der Waals surface area (Å²) in [6.07, 6.45) is 1.66. The Balaban J connectivity index is 1.86. The fourth-order valence-corrected chi connectivity index (χ4v) is 3.47. The van der Waals surface area contributed by atoms with E-state index in [0.29, 0.717) is 36.2 Å². The summed E-state index contributed by atoms with van der Waals surface area (Å²) in [5, 5.41) is 0.358. The van der Waals surface area contributed by atoms with E-state index >= 15 is 0 Å². The number of rotatable bonds is 6. The van der Waals surface area contributed by atoms with Gasteiger partial charge in [-0.3, -0.25) is 4.79 Å². The molecule has 21 heavy (non-hydrogen) atoms. The first kappa shape index (κ1) is 15.9. The van der Waals surface area contributed by atoms with E-state index in [1.807, 2.05) is 0 Å². The third-order valence-electron chi connectivity index (χ3n) is 3.37. The van der Waals surface area contributed by atoms with Crippen LogP contribution in [0.1, 0.15) is 37.0 Å². The standard InChI is InChI=1S/C16H20O4S/c1-3-13-9-14(17)15(21-13)10-20-12-7-5-11(6-8-12)16(18)19-4-2/h5-8,13,15H,3-4,9-10H2,1-2H3. The van der Waals surface area contributed by atoms with Crippen LogP contribution >= 0.6 is 11.8 Å². The summed E-state index contributed by atoms with van der Waals surface area (Å²) in [4.78, 5) is 23.3. The largest absolute Gasteiger partial charge is 0.492 e. The van der Waals surface area contributed by atoms with Crippen molar-refractivity contribution in [2.24, 2.45) is 0 Å². The summed E-state index contributed by atoms with van der Waals surface area (Å²) in [6, 6.07) is 6.80. The number of Topliss-reactive ketones (excluding diaryl/α,β-unsaturated/α-hetero) is 1. The van der Waals surface area contributed by atoms with Crippen LogP contribution in [-0.4, -0.2) is 35.5 Å². The van der Waals surface area contributed by atoms with Crippen molar-refractivity contribution in [1.82, 2.24) is 0 Å².